The third-order valence-electron chi connectivity index (χ3n) is 3.77. The molecule has 0 spiro atoms. The zero-order valence-electron chi connectivity index (χ0n) is 15.7. The number of hydrogen-bond acceptors (Lipinski definition) is 5. The predicted octanol–water partition coefficient (Wildman–Crippen LogP) is 3.72. The molecule has 6 nitrogen and oxygen atoms in total. The number of rotatable bonds is 8. The van der Waals surface area contributed by atoms with Crippen molar-refractivity contribution in [3.8, 4) is 11.5 Å². The standard InChI is InChI=1S/C20H24N2O4S/c1-4-5-11-26-16-7-6-15(13-17(16)25-3)20(24)22-21-19(23)9-8-18-14(2)10-12-27-18/h6-10,12-13H,4-5,11H2,1-3H3,(H,21,23)(H,22,24)/b9-8+. The van der Waals surface area contributed by atoms with Crippen molar-refractivity contribution < 1.29 is 19.1 Å². The Hall–Kier alpha value is -2.80. The minimum atomic E-state index is -0.442. The highest BCUT2D eigenvalue weighted by molar-refractivity contribution is 7.11. The van der Waals surface area contributed by atoms with Gasteiger partial charge in [-0.05, 0) is 54.6 Å². The molecule has 2 amide bonds. The van der Waals surface area contributed by atoms with Crippen LogP contribution in [0, 0.1) is 6.92 Å². The summed E-state index contributed by atoms with van der Waals surface area (Å²) >= 11 is 1.55. The van der Waals surface area contributed by atoms with E-state index in [2.05, 4.69) is 17.8 Å². The van der Waals surface area contributed by atoms with Crippen molar-refractivity contribution in [2.75, 3.05) is 13.7 Å². The zero-order valence-corrected chi connectivity index (χ0v) is 16.5. The summed E-state index contributed by atoms with van der Waals surface area (Å²) in [5, 5.41) is 1.96. The molecule has 0 saturated heterocycles. The van der Waals surface area contributed by atoms with Crippen LogP contribution < -0.4 is 20.3 Å². The van der Waals surface area contributed by atoms with Crippen LogP contribution >= 0.6 is 11.3 Å². The molecular weight excluding hydrogens is 364 g/mol. The molecule has 0 aliphatic carbocycles. The molecule has 0 bridgehead atoms. The van der Waals surface area contributed by atoms with E-state index < -0.39 is 11.8 Å². The van der Waals surface area contributed by atoms with Gasteiger partial charge in [0.15, 0.2) is 11.5 Å². The number of nitrogens with one attached hydrogen (secondary N) is 2. The maximum atomic E-state index is 12.2. The number of methoxy groups -OCH3 is 1. The summed E-state index contributed by atoms with van der Waals surface area (Å²) in [6, 6.07) is 6.86. The van der Waals surface area contributed by atoms with Crippen LogP contribution in [0.5, 0.6) is 11.5 Å². The highest BCUT2D eigenvalue weighted by atomic mass is 32.1. The number of carbonyl (C=O) groups is 2. The second-order valence-corrected chi connectivity index (χ2v) is 6.76. The Labute approximate surface area is 163 Å². The fourth-order valence-corrected chi connectivity index (χ4v) is 3.01. The van der Waals surface area contributed by atoms with Gasteiger partial charge in [0.05, 0.1) is 13.7 Å². The van der Waals surface area contributed by atoms with Crippen molar-refractivity contribution >= 4 is 29.2 Å². The van der Waals surface area contributed by atoms with Gasteiger partial charge in [-0.1, -0.05) is 13.3 Å². The van der Waals surface area contributed by atoms with Crippen molar-refractivity contribution in [3.05, 3.63) is 51.7 Å². The highest BCUT2D eigenvalue weighted by Gasteiger charge is 2.11. The number of thiophene rings is 1. The monoisotopic (exact) mass is 388 g/mol. The molecule has 1 aromatic heterocycles. The van der Waals surface area contributed by atoms with Gasteiger partial charge >= 0.3 is 0 Å². The fraction of sp³-hybridized carbons (Fsp3) is 0.300. The van der Waals surface area contributed by atoms with Crippen molar-refractivity contribution in [1.82, 2.24) is 10.9 Å². The molecule has 0 radical (unpaired) electrons. The molecule has 1 heterocycles. The maximum Gasteiger partial charge on any atom is 0.269 e. The minimum Gasteiger partial charge on any atom is -0.493 e. The third-order valence-corrected chi connectivity index (χ3v) is 4.75. The number of hydrogen-bond donors (Lipinski definition) is 2. The third kappa shape index (κ3) is 6.14. The highest BCUT2D eigenvalue weighted by Crippen LogP contribution is 2.28. The Morgan fingerprint density at radius 3 is 2.67 bits per heavy atom. The van der Waals surface area contributed by atoms with E-state index in [1.165, 1.54) is 13.2 Å². The number of aryl methyl sites for hydroxylation is 1. The Bertz CT molecular complexity index is 814. The first kappa shape index (κ1) is 20.5. The molecule has 144 valence electrons. The molecule has 0 aliphatic rings. The number of amides is 2. The smallest absolute Gasteiger partial charge is 0.269 e. The lowest BCUT2D eigenvalue weighted by Gasteiger charge is -2.12. The van der Waals surface area contributed by atoms with Crippen LogP contribution in [0.15, 0.2) is 35.7 Å². The fourth-order valence-electron chi connectivity index (χ4n) is 2.19. The van der Waals surface area contributed by atoms with Crippen molar-refractivity contribution in [1.29, 1.82) is 0 Å². The largest absolute Gasteiger partial charge is 0.493 e. The van der Waals surface area contributed by atoms with E-state index >= 15 is 0 Å². The molecule has 0 fully saturated rings. The second kappa shape index (κ2) is 10.4. The van der Waals surface area contributed by atoms with Gasteiger partial charge in [-0.3, -0.25) is 20.4 Å². The molecule has 7 heteroatoms. The predicted molar refractivity (Wildman–Crippen MR) is 107 cm³/mol. The Kier molecular flexibility index (Phi) is 7.88. The first-order valence-corrected chi connectivity index (χ1v) is 9.56. The van der Waals surface area contributed by atoms with E-state index in [0.29, 0.717) is 23.7 Å². The average molecular weight is 388 g/mol. The number of carbonyl (C=O) groups excluding carboxylic acids is 2. The summed E-state index contributed by atoms with van der Waals surface area (Å²) in [6.45, 7) is 4.64. The van der Waals surface area contributed by atoms with E-state index in [0.717, 1.165) is 23.3 Å². The SMILES string of the molecule is CCCCOc1ccc(C(=O)NNC(=O)/C=C/c2sccc2C)cc1OC. The molecule has 0 unspecified atom stereocenters. The number of hydrazine groups is 1. The minimum absolute atomic E-state index is 0.355. The van der Waals surface area contributed by atoms with Crippen molar-refractivity contribution in [3.63, 3.8) is 0 Å². The Morgan fingerprint density at radius 2 is 2.00 bits per heavy atom. The lowest BCUT2D eigenvalue weighted by molar-refractivity contribution is -0.117. The van der Waals surface area contributed by atoms with Gasteiger partial charge in [0, 0.05) is 16.5 Å². The van der Waals surface area contributed by atoms with Gasteiger partial charge in [-0.2, -0.15) is 0 Å². The molecule has 27 heavy (non-hydrogen) atoms. The summed E-state index contributed by atoms with van der Waals surface area (Å²) in [4.78, 5) is 25.1. The summed E-state index contributed by atoms with van der Waals surface area (Å²) in [5.41, 5.74) is 6.20. The summed E-state index contributed by atoms with van der Waals surface area (Å²) in [5.74, 6) is 0.198. The quantitative estimate of drug-likeness (QED) is 0.411. The number of unbranched alkanes of at least 4 members (excludes halogenated alkanes) is 1. The van der Waals surface area contributed by atoms with Gasteiger partial charge in [0.25, 0.3) is 11.8 Å². The summed E-state index contributed by atoms with van der Waals surface area (Å²) in [7, 11) is 1.52. The van der Waals surface area contributed by atoms with E-state index in [4.69, 9.17) is 9.47 Å². The van der Waals surface area contributed by atoms with Crippen molar-refractivity contribution in [2.24, 2.45) is 0 Å². The number of ether oxygens (including phenoxy) is 2. The van der Waals surface area contributed by atoms with Crippen molar-refractivity contribution in [2.45, 2.75) is 26.7 Å². The van der Waals surface area contributed by atoms with Crippen LogP contribution in [0.4, 0.5) is 0 Å². The van der Waals surface area contributed by atoms with Gasteiger partial charge in [0.1, 0.15) is 0 Å². The van der Waals surface area contributed by atoms with Gasteiger partial charge < -0.3 is 9.47 Å². The number of benzene rings is 1. The van der Waals surface area contributed by atoms with Crippen LogP contribution in [0.1, 0.15) is 40.6 Å². The van der Waals surface area contributed by atoms with Crippen LogP contribution in [-0.2, 0) is 4.79 Å². The second-order valence-electron chi connectivity index (χ2n) is 5.81. The van der Waals surface area contributed by atoms with E-state index in [1.54, 1.807) is 35.6 Å². The van der Waals surface area contributed by atoms with Gasteiger partial charge in [0.2, 0.25) is 0 Å². The maximum absolute atomic E-state index is 12.2. The molecule has 0 saturated carbocycles. The van der Waals surface area contributed by atoms with Crippen LogP contribution in [0.2, 0.25) is 0 Å². The lowest BCUT2D eigenvalue weighted by atomic mass is 10.2. The zero-order chi connectivity index (χ0) is 19.6. The Balaban J connectivity index is 1.92. The molecule has 0 aliphatic heterocycles. The topological polar surface area (TPSA) is 76.7 Å². The normalized spacial score (nSPS) is 10.6. The average Bonchev–Trinajstić information content (AvgIpc) is 3.09. The van der Waals surface area contributed by atoms with Crippen LogP contribution in [-0.4, -0.2) is 25.5 Å². The van der Waals surface area contributed by atoms with E-state index in [-0.39, 0.29) is 0 Å². The lowest BCUT2D eigenvalue weighted by Crippen LogP contribution is -2.40. The van der Waals surface area contributed by atoms with Gasteiger partial charge in [-0.15, -0.1) is 11.3 Å². The first-order valence-electron chi connectivity index (χ1n) is 8.68. The van der Waals surface area contributed by atoms with E-state index in [1.807, 2.05) is 18.4 Å². The van der Waals surface area contributed by atoms with Gasteiger partial charge in [-0.25, -0.2) is 0 Å². The molecule has 1 aromatic carbocycles. The molecule has 0 atom stereocenters. The molecule has 2 N–H and O–H groups in total. The molecular formula is C20H24N2O4S. The first-order chi connectivity index (χ1) is 13.0. The van der Waals surface area contributed by atoms with Crippen LogP contribution in [0.3, 0.4) is 0 Å². The molecule has 2 aromatic rings. The van der Waals surface area contributed by atoms with E-state index in [9.17, 15) is 9.59 Å². The van der Waals surface area contributed by atoms with Crippen LogP contribution in [0.25, 0.3) is 6.08 Å². The summed E-state index contributed by atoms with van der Waals surface area (Å²) < 4.78 is 10.9. The molecule has 2 rings (SSSR count). The Morgan fingerprint density at radius 1 is 1.19 bits per heavy atom. The summed E-state index contributed by atoms with van der Waals surface area (Å²) in [6.07, 6.45) is 5.07.